The highest BCUT2D eigenvalue weighted by Crippen LogP contribution is 2.41. The van der Waals surface area contributed by atoms with Crippen molar-refractivity contribution in [1.29, 1.82) is 0 Å². The molecule has 29 heavy (non-hydrogen) atoms. The van der Waals surface area contributed by atoms with Crippen LogP contribution in [0.25, 0.3) is 0 Å². The van der Waals surface area contributed by atoms with E-state index < -0.39 is 0 Å². The molecule has 0 aliphatic heterocycles. The van der Waals surface area contributed by atoms with Crippen molar-refractivity contribution in [1.82, 2.24) is 15.1 Å². The van der Waals surface area contributed by atoms with E-state index in [1.54, 1.807) is 11.3 Å². The highest BCUT2D eigenvalue weighted by Gasteiger charge is 2.28. The van der Waals surface area contributed by atoms with Crippen LogP contribution in [0.2, 0.25) is 0 Å². The van der Waals surface area contributed by atoms with E-state index in [1.165, 1.54) is 29.7 Å². The lowest BCUT2D eigenvalue weighted by Crippen LogP contribution is -2.36. The van der Waals surface area contributed by atoms with E-state index in [-0.39, 0.29) is 5.91 Å². The molecule has 0 spiro atoms. The molecule has 2 aliphatic rings. The van der Waals surface area contributed by atoms with E-state index in [0.29, 0.717) is 12.0 Å². The lowest BCUT2D eigenvalue weighted by molar-refractivity contribution is 0.0927. The van der Waals surface area contributed by atoms with Gasteiger partial charge in [0.15, 0.2) is 0 Å². The van der Waals surface area contributed by atoms with Crippen LogP contribution in [-0.4, -0.2) is 27.9 Å². The summed E-state index contributed by atoms with van der Waals surface area (Å²) >= 11 is 1.71. The van der Waals surface area contributed by atoms with Gasteiger partial charge in [0, 0.05) is 34.9 Å². The number of aliphatic imine (C=N–C) groups is 1. The molecule has 156 valence electrons. The van der Waals surface area contributed by atoms with Crippen LogP contribution in [0.15, 0.2) is 11.2 Å². The van der Waals surface area contributed by atoms with E-state index >= 15 is 0 Å². The highest BCUT2D eigenvalue weighted by atomic mass is 32.1. The first-order chi connectivity index (χ1) is 14.1. The lowest BCUT2D eigenvalue weighted by atomic mass is 9.88. The number of nitrogens with zero attached hydrogens (tertiary/aromatic N) is 3. The average molecular weight is 413 g/mol. The minimum Gasteiger partial charge on any atom is -0.349 e. The summed E-state index contributed by atoms with van der Waals surface area (Å²) in [7, 11) is 0. The van der Waals surface area contributed by atoms with Crippen molar-refractivity contribution in [3.05, 3.63) is 33.5 Å². The Labute approximate surface area is 177 Å². The first-order valence-electron chi connectivity index (χ1n) is 11.1. The van der Waals surface area contributed by atoms with Gasteiger partial charge in [0.25, 0.3) is 5.91 Å². The minimum atomic E-state index is 0.0806. The van der Waals surface area contributed by atoms with Crippen molar-refractivity contribution in [3.63, 3.8) is 0 Å². The fourth-order valence-electron chi connectivity index (χ4n) is 4.60. The third-order valence-electron chi connectivity index (χ3n) is 6.42. The van der Waals surface area contributed by atoms with Gasteiger partial charge >= 0.3 is 0 Å². The maximum absolute atomic E-state index is 13.3. The molecule has 6 heteroatoms. The van der Waals surface area contributed by atoms with Crippen LogP contribution in [0.1, 0.15) is 84.4 Å². The second-order valence-electron chi connectivity index (χ2n) is 8.60. The van der Waals surface area contributed by atoms with Crippen LogP contribution in [0, 0.1) is 12.8 Å². The summed E-state index contributed by atoms with van der Waals surface area (Å²) in [6.07, 6.45) is 12.9. The Hall–Kier alpha value is -1.95. The third kappa shape index (κ3) is 4.32. The predicted molar refractivity (Wildman–Crippen MR) is 120 cm³/mol. The van der Waals surface area contributed by atoms with Gasteiger partial charge in [-0.05, 0) is 57.4 Å². The van der Waals surface area contributed by atoms with Gasteiger partial charge < -0.3 is 5.32 Å². The smallest absolute Gasteiger partial charge is 0.254 e. The number of hydrogen-bond donors (Lipinski definition) is 1. The largest absolute Gasteiger partial charge is 0.349 e. The second-order valence-corrected chi connectivity index (χ2v) is 9.68. The summed E-state index contributed by atoms with van der Waals surface area (Å²) in [4.78, 5) is 19.4. The maximum atomic E-state index is 13.3. The molecule has 5 nitrogen and oxygen atoms in total. The van der Waals surface area contributed by atoms with Crippen LogP contribution in [-0.2, 0) is 19.4 Å². The molecule has 1 atom stereocenters. The lowest BCUT2D eigenvalue weighted by Gasteiger charge is -2.23. The monoisotopic (exact) mass is 412 g/mol. The zero-order valence-electron chi connectivity index (χ0n) is 17.8. The SMILES string of the molecule is CCn1ncc(C=Nc2sc3c(c2C(=O)NC2CCCCC2)CC[C@H](C)C3)c1C. The molecular weight excluding hydrogens is 380 g/mol. The van der Waals surface area contributed by atoms with E-state index in [2.05, 4.69) is 31.2 Å². The second kappa shape index (κ2) is 8.82. The number of hydrogen-bond acceptors (Lipinski definition) is 4. The summed E-state index contributed by atoms with van der Waals surface area (Å²) in [5.74, 6) is 0.759. The zero-order valence-corrected chi connectivity index (χ0v) is 18.6. The molecule has 2 aliphatic carbocycles. The van der Waals surface area contributed by atoms with Gasteiger partial charge in [0.1, 0.15) is 5.00 Å². The molecule has 2 heterocycles. The first kappa shape index (κ1) is 20.3. The maximum Gasteiger partial charge on any atom is 0.254 e. The van der Waals surface area contributed by atoms with Crippen LogP contribution in [0.5, 0.6) is 0 Å². The van der Waals surface area contributed by atoms with E-state index in [9.17, 15) is 4.79 Å². The summed E-state index contributed by atoms with van der Waals surface area (Å²) in [5.41, 5.74) is 4.21. The number of amides is 1. The molecule has 4 rings (SSSR count). The molecule has 0 saturated heterocycles. The number of aryl methyl sites for hydroxylation is 1. The molecule has 0 bridgehead atoms. The molecular formula is C23H32N4OS. The van der Waals surface area contributed by atoms with Crippen LogP contribution < -0.4 is 5.32 Å². The number of aromatic nitrogens is 2. The molecule has 1 N–H and O–H groups in total. The minimum absolute atomic E-state index is 0.0806. The number of carbonyl (C=O) groups excluding carboxylic acids is 1. The van der Waals surface area contributed by atoms with Gasteiger partial charge in [-0.25, -0.2) is 4.99 Å². The Morgan fingerprint density at radius 1 is 1.34 bits per heavy atom. The Kier molecular flexibility index (Phi) is 6.18. The molecule has 2 aromatic heterocycles. The van der Waals surface area contributed by atoms with Crippen molar-refractivity contribution in [2.75, 3.05) is 0 Å². The van der Waals surface area contributed by atoms with E-state index in [4.69, 9.17) is 4.99 Å². The third-order valence-corrected chi connectivity index (χ3v) is 7.58. The molecule has 1 saturated carbocycles. The van der Waals surface area contributed by atoms with Gasteiger partial charge in [-0.15, -0.1) is 11.3 Å². The Morgan fingerprint density at radius 2 is 2.14 bits per heavy atom. The summed E-state index contributed by atoms with van der Waals surface area (Å²) < 4.78 is 1.97. The Bertz CT molecular complexity index is 904. The Balaban J connectivity index is 1.64. The van der Waals surface area contributed by atoms with Crippen molar-refractivity contribution >= 4 is 28.5 Å². The fourth-order valence-corrected chi connectivity index (χ4v) is 5.95. The number of fused-ring (bicyclic) bond motifs is 1. The average Bonchev–Trinajstić information content (AvgIpc) is 3.26. The molecule has 1 fully saturated rings. The van der Waals surface area contributed by atoms with Gasteiger partial charge in [-0.1, -0.05) is 26.2 Å². The summed E-state index contributed by atoms with van der Waals surface area (Å²) in [6, 6.07) is 0.316. The molecule has 0 aromatic carbocycles. The quantitative estimate of drug-likeness (QED) is 0.685. The van der Waals surface area contributed by atoms with Crippen LogP contribution in [0.4, 0.5) is 5.00 Å². The number of rotatable bonds is 5. The first-order valence-corrected chi connectivity index (χ1v) is 11.9. The van der Waals surface area contributed by atoms with Crippen molar-refractivity contribution < 1.29 is 4.79 Å². The van der Waals surface area contributed by atoms with Gasteiger partial charge in [-0.2, -0.15) is 5.10 Å². The summed E-state index contributed by atoms with van der Waals surface area (Å²) in [5, 5.41) is 8.59. The van der Waals surface area contributed by atoms with Crippen LogP contribution >= 0.6 is 11.3 Å². The molecule has 2 aromatic rings. The van der Waals surface area contributed by atoms with E-state index in [0.717, 1.165) is 60.5 Å². The van der Waals surface area contributed by atoms with Crippen molar-refractivity contribution in [3.8, 4) is 0 Å². The van der Waals surface area contributed by atoms with Crippen LogP contribution in [0.3, 0.4) is 0 Å². The van der Waals surface area contributed by atoms with Crippen molar-refractivity contribution in [2.45, 2.75) is 84.7 Å². The fraction of sp³-hybridized carbons (Fsp3) is 0.609. The molecule has 0 radical (unpaired) electrons. The summed E-state index contributed by atoms with van der Waals surface area (Å²) in [6.45, 7) is 7.30. The van der Waals surface area contributed by atoms with Gasteiger partial charge in [0.05, 0.1) is 11.8 Å². The highest BCUT2D eigenvalue weighted by molar-refractivity contribution is 7.16. The van der Waals surface area contributed by atoms with Gasteiger partial charge in [0.2, 0.25) is 0 Å². The number of thiophene rings is 1. The van der Waals surface area contributed by atoms with Gasteiger partial charge in [-0.3, -0.25) is 9.48 Å². The number of nitrogens with one attached hydrogen (secondary N) is 1. The van der Waals surface area contributed by atoms with E-state index in [1.807, 2.05) is 17.1 Å². The molecule has 1 amide bonds. The van der Waals surface area contributed by atoms with Crippen molar-refractivity contribution in [2.24, 2.45) is 10.9 Å². The normalized spacial score (nSPS) is 20.2. The molecule has 0 unspecified atom stereocenters. The number of carbonyl (C=O) groups is 1. The zero-order chi connectivity index (χ0) is 20.4. The standard InChI is InChI=1S/C23H32N4OS/c1-4-27-16(3)17(14-25-27)13-24-23-21(19-11-10-15(2)12-20(19)29-23)22(28)26-18-8-6-5-7-9-18/h13-15,18H,4-12H2,1-3H3,(H,26,28)/t15-/m0/s1. The Morgan fingerprint density at radius 3 is 2.86 bits per heavy atom. The predicted octanol–water partition coefficient (Wildman–Crippen LogP) is 5.21. The topological polar surface area (TPSA) is 59.3 Å².